The van der Waals surface area contributed by atoms with E-state index in [1.165, 1.54) is 6.26 Å². The highest BCUT2D eigenvalue weighted by atomic mass is 16.3. The molecule has 2 rings (SSSR count). The van der Waals surface area contributed by atoms with Crippen LogP contribution in [0.25, 0.3) is 0 Å². The van der Waals surface area contributed by atoms with E-state index in [1.54, 1.807) is 6.07 Å². The molecule has 0 aliphatic heterocycles. The van der Waals surface area contributed by atoms with Crippen molar-refractivity contribution in [3.8, 4) is 0 Å². The second-order valence-corrected chi connectivity index (χ2v) is 5.41. The summed E-state index contributed by atoms with van der Waals surface area (Å²) in [7, 11) is 0. The SMILES string of the molecule is Cc1ccoc1C(=O)NCCCNC(=O)N[C@H]1C=CCCC1. The average Bonchev–Trinajstić information content (AvgIpc) is 2.94. The van der Waals surface area contributed by atoms with Crippen LogP contribution in [0.4, 0.5) is 4.79 Å². The van der Waals surface area contributed by atoms with Crippen LogP contribution in [0.1, 0.15) is 41.8 Å². The van der Waals surface area contributed by atoms with Crippen molar-refractivity contribution in [3.05, 3.63) is 35.8 Å². The van der Waals surface area contributed by atoms with Crippen molar-refractivity contribution in [1.82, 2.24) is 16.0 Å². The predicted octanol–water partition coefficient (Wildman–Crippen LogP) is 2.12. The maximum absolute atomic E-state index is 11.8. The fraction of sp³-hybridized carbons (Fsp3) is 0.500. The fourth-order valence-electron chi connectivity index (χ4n) is 2.33. The van der Waals surface area contributed by atoms with E-state index in [0.29, 0.717) is 25.3 Å². The monoisotopic (exact) mass is 305 g/mol. The topological polar surface area (TPSA) is 83.4 Å². The van der Waals surface area contributed by atoms with Crippen LogP contribution >= 0.6 is 0 Å². The van der Waals surface area contributed by atoms with Gasteiger partial charge >= 0.3 is 6.03 Å². The number of rotatable bonds is 6. The van der Waals surface area contributed by atoms with Gasteiger partial charge in [-0.2, -0.15) is 0 Å². The molecule has 0 saturated heterocycles. The molecular formula is C16H23N3O3. The highest BCUT2D eigenvalue weighted by Crippen LogP contribution is 2.09. The summed E-state index contributed by atoms with van der Waals surface area (Å²) in [6.07, 6.45) is 9.49. The van der Waals surface area contributed by atoms with Crippen LogP contribution in [0.3, 0.4) is 0 Å². The fourth-order valence-corrected chi connectivity index (χ4v) is 2.33. The van der Waals surface area contributed by atoms with Crippen LogP contribution in [0, 0.1) is 6.92 Å². The van der Waals surface area contributed by atoms with Crippen LogP contribution < -0.4 is 16.0 Å². The molecule has 1 aliphatic rings. The first-order chi connectivity index (χ1) is 10.7. The molecule has 0 bridgehead atoms. The lowest BCUT2D eigenvalue weighted by Gasteiger charge is -2.18. The minimum atomic E-state index is -0.223. The Morgan fingerprint density at radius 3 is 2.82 bits per heavy atom. The van der Waals surface area contributed by atoms with E-state index in [9.17, 15) is 9.59 Å². The van der Waals surface area contributed by atoms with Crippen LogP contribution in [0.2, 0.25) is 0 Å². The van der Waals surface area contributed by atoms with Crippen molar-refractivity contribution in [2.75, 3.05) is 13.1 Å². The molecule has 0 unspecified atom stereocenters. The lowest BCUT2D eigenvalue weighted by Crippen LogP contribution is -2.42. The molecule has 3 N–H and O–H groups in total. The van der Waals surface area contributed by atoms with Crippen molar-refractivity contribution < 1.29 is 14.0 Å². The van der Waals surface area contributed by atoms with Crippen LogP contribution in [0.15, 0.2) is 28.9 Å². The van der Waals surface area contributed by atoms with E-state index in [1.807, 2.05) is 13.0 Å². The smallest absolute Gasteiger partial charge is 0.315 e. The van der Waals surface area contributed by atoms with Crippen molar-refractivity contribution in [2.24, 2.45) is 0 Å². The molecule has 0 radical (unpaired) electrons. The molecule has 1 aromatic rings. The number of urea groups is 1. The zero-order chi connectivity index (χ0) is 15.8. The molecule has 1 atom stereocenters. The first-order valence-electron chi connectivity index (χ1n) is 7.70. The summed E-state index contributed by atoms with van der Waals surface area (Å²) in [5.74, 6) is 0.120. The van der Waals surface area contributed by atoms with Gasteiger partial charge in [-0.05, 0) is 38.7 Å². The lowest BCUT2D eigenvalue weighted by molar-refractivity contribution is 0.0925. The number of hydrogen-bond acceptors (Lipinski definition) is 3. The number of allylic oxidation sites excluding steroid dienone is 1. The van der Waals surface area contributed by atoms with E-state index < -0.39 is 0 Å². The van der Waals surface area contributed by atoms with Crippen molar-refractivity contribution >= 4 is 11.9 Å². The number of amides is 3. The Bertz CT molecular complexity index is 536. The van der Waals surface area contributed by atoms with Gasteiger partial charge in [-0.15, -0.1) is 0 Å². The molecule has 1 aliphatic carbocycles. The molecule has 1 heterocycles. The molecule has 6 nitrogen and oxygen atoms in total. The highest BCUT2D eigenvalue weighted by Gasteiger charge is 2.12. The van der Waals surface area contributed by atoms with E-state index in [-0.39, 0.29) is 18.0 Å². The van der Waals surface area contributed by atoms with Crippen molar-refractivity contribution in [3.63, 3.8) is 0 Å². The normalized spacial score (nSPS) is 17.0. The highest BCUT2D eigenvalue weighted by molar-refractivity contribution is 5.92. The Morgan fingerprint density at radius 2 is 2.14 bits per heavy atom. The maximum Gasteiger partial charge on any atom is 0.315 e. The Kier molecular flexibility index (Phi) is 6.06. The molecule has 0 aromatic carbocycles. The lowest BCUT2D eigenvalue weighted by atomic mass is 10.0. The molecule has 0 fully saturated rings. The minimum Gasteiger partial charge on any atom is -0.459 e. The van der Waals surface area contributed by atoms with E-state index in [2.05, 4.69) is 22.0 Å². The Morgan fingerprint density at radius 1 is 1.32 bits per heavy atom. The zero-order valence-electron chi connectivity index (χ0n) is 12.9. The molecule has 1 aromatic heterocycles. The van der Waals surface area contributed by atoms with Gasteiger partial charge in [0, 0.05) is 24.7 Å². The van der Waals surface area contributed by atoms with Crippen LogP contribution in [-0.4, -0.2) is 31.1 Å². The van der Waals surface area contributed by atoms with Gasteiger partial charge in [0.2, 0.25) is 0 Å². The maximum atomic E-state index is 11.8. The van der Waals surface area contributed by atoms with Crippen molar-refractivity contribution in [1.29, 1.82) is 0 Å². The van der Waals surface area contributed by atoms with Gasteiger partial charge in [0.1, 0.15) is 0 Å². The summed E-state index contributed by atoms with van der Waals surface area (Å²) >= 11 is 0. The Labute approximate surface area is 130 Å². The predicted molar refractivity (Wildman–Crippen MR) is 83.7 cm³/mol. The molecule has 22 heavy (non-hydrogen) atoms. The average molecular weight is 305 g/mol. The molecule has 0 saturated carbocycles. The van der Waals surface area contributed by atoms with Gasteiger partial charge in [0.15, 0.2) is 5.76 Å². The van der Waals surface area contributed by atoms with Crippen molar-refractivity contribution in [2.45, 2.75) is 38.6 Å². The van der Waals surface area contributed by atoms with Gasteiger partial charge in [0.25, 0.3) is 5.91 Å². The number of hydrogen-bond donors (Lipinski definition) is 3. The summed E-state index contributed by atoms with van der Waals surface area (Å²) in [6.45, 7) is 2.83. The largest absolute Gasteiger partial charge is 0.459 e. The van der Waals surface area contributed by atoms with Gasteiger partial charge < -0.3 is 20.4 Å². The summed E-state index contributed by atoms with van der Waals surface area (Å²) < 4.78 is 5.11. The number of aryl methyl sites for hydroxylation is 1. The van der Waals surface area contributed by atoms with E-state index in [4.69, 9.17) is 4.42 Å². The summed E-state index contributed by atoms with van der Waals surface area (Å²) in [6, 6.07) is 1.72. The molecule has 120 valence electrons. The minimum absolute atomic E-state index is 0.135. The van der Waals surface area contributed by atoms with Gasteiger partial charge in [-0.25, -0.2) is 4.79 Å². The first kappa shape index (κ1) is 16.1. The second-order valence-electron chi connectivity index (χ2n) is 5.41. The third-order valence-electron chi connectivity index (χ3n) is 3.56. The number of carbonyl (C=O) groups is 2. The van der Waals surface area contributed by atoms with E-state index in [0.717, 1.165) is 24.8 Å². The van der Waals surface area contributed by atoms with Crippen LogP contribution in [0.5, 0.6) is 0 Å². The zero-order valence-corrected chi connectivity index (χ0v) is 12.9. The molecule has 3 amide bonds. The van der Waals surface area contributed by atoms with Gasteiger partial charge in [-0.3, -0.25) is 4.79 Å². The second kappa shape index (κ2) is 8.26. The molecule has 6 heteroatoms. The van der Waals surface area contributed by atoms with Gasteiger partial charge in [-0.1, -0.05) is 12.2 Å². The summed E-state index contributed by atoms with van der Waals surface area (Å²) in [4.78, 5) is 23.5. The van der Waals surface area contributed by atoms with Crippen LogP contribution in [-0.2, 0) is 0 Å². The Hall–Kier alpha value is -2.24. The Balaban J connectivity index is 1.56. The third kappa shape index (κ3) is 4.95. The standard InChI is InChI=1S/C16H23N3O3/c1-12-8-11-22-14(12)15(20)17-9-5-10-18-16(21)19-13-6-3-2-4-7-13/h3,6,8,11,13H,2,4-5,7,9-10H2,1H3,(H,17,20)(H2,18,19,21)/t13-/m0/s1. The summed E-state index contributed by atoms with van der Waals surface area (Å²) in [5, 5.41) is 8.47. The number of carbonyl (C=O) groups excluding carboxylic acids is 2. The molecular weight excluding hydrogens is 282 g/mol. The summed E-state index contributed by atoms with van der Waals surface area (Å²) in [5.41, 5.74) is 0.815. The third-order valence-corrected chi connectivity index (χ3v) is 3.56. The van der Waals surface area contributed by atoms with Gasteiger partial charge in [0.05, 0.1) is 6.26 Å². The quantitative estimate of drug-likeness (QED) is 0.556. The molecule has 0 spiro atoms. The van der Waals surface area contributed by atoms with E-state index >= 15 is 0 Å². The first-order valence-corrected chi connectivity index (χ1v) is 7.70. The number of furan rings is 1. The number of nitrogens with one attached hydrogen (secondary N) is 3.